The summed E-state index contributed by atoms with van der Waals surface area (Å²) in [6, 6.07) is -0.0185. The molecule has 1 fully saturated rings. The van der Waals surface area contributed by atoms with E-state index in [1.54, 1.807) is 0 Å². The van der Waals surface area contributed by atoms with Crippen molar-refractivity contribution in [2.75, 3.05) is 0 Å². The molecule has 2 aliphatic carbocycles. The van der Waals surface area contributed by atoms with Crippen molar-refractivity contribution in [1.82, 2.24) is 0 Å². The fraction of sp³-hybridized carbons (Fsp3) is 0.714. The van der Waals surface area contributed by atoms with Crippen LogP contribution in [0.15, 0.2) is 17.3 Å². The van der Waals surface area contributed by atoms with E-state index >= 15 is 0 Å². The summed E-state index contributed by atoms with van der Waals surface area (Å²) in [5.41, 5.74) is 8.23. The van der Waals surface area contributed by atoms with Crippen LogP contribution in [0.4, 0.5) is 0 Å². The average Bonchev–Trinajstić information content (AvgIpc) is 2.46. The van der Waals surface area contributed by atoms with Crippen LogP contribution in [0.5, 0.6) is 0 Å². The molecule has 0 radical (unpaired) electrons. The van der Waals surface area contributed by atoms with E-state index in [4.69, 9.17) is 5.53 Å². The number of rotatable bonds is 1. The summed E-state index contributed by atoms with van der Waals surface area (Å²) in [6.07, 6.45) is 4.46. The first-order valence-electron chi connectivity index (χ1n) is 3.73. The lowest BCUT2D eigenvalue weighted by Crippen LogP contribution is -2.17. The van der Waals surface area contributed by atoms with Gasteiger partial charge in [-0.1, -0.05) is 17.3 Å². The summed E-state index contributed by atoms with van der Waals surface area (Å²) in [6.45, 7) is 0. The van der Waals surface area contributed by atoms with Crippen molar-refractivity contribution in [3.63, 3.8) is 0 Å². The second-order valence-corrected chi connectivity index (χ2v) is 3.12. The van der Waals surface area contributed by atoms with Gasteiger partial charge in [-0.3, -0.25) is 0 Å². The molecule has 11 heavy (non-hydrogen) atoms. The maximum absolute atomic E-state index is 9.38. The van der Waals surface area contributed by atoms with Gasteiger partial charge in [-0.05, 0) is 17.9 Å². The Labute approximate surface area is 64.2 Å². The van der Waals surface area contributed by atoms with Gasteiger partial charge in [-0.15, -0.1) is 0 Å². The third-order valence-corrected chi connectivity index (χ3v) is 2.56. The van der Waals surface area contributed by atoms with Gasteiger partial charge < -0.3 is 5.11 Å². The van der Waals surface area contributed by atoms with Crippen molar-refractivity contribution >= 4 is 0 Å². The lowest BCUT2D eigenvalue weighted by atomic mass is 10.1. The maximum atomic E-state index is 9.38. The van der Waals surface area contributed by atoms with E-state index in [0.717, 1.165) is 6.42 Å². The van der Waals surface area contributed by atoms with E-state index in [-0.39, 0.29) is 24.0 Å². The van der Waals surface area contributed by atoms with Gasteiger partial charge in [-0.2, -0.15) is 0 Å². The number of hydrogen-bond acceptors (Lipinski definition) is 2. The van der Waals surface area contributed by atoms with E-state index in [1.807, 2.05) is 12.2 Å². The van der Waals surface area contributed by atoms with Crippen LogP contribution >= 0.6 is 0 Å². The van der Waals surface area contributed by atoms with Crippen molar-refractivity contribution < 1.29 is 5.11 Å². The van der Waals surface area contributed by atoms with Crippen molar-refractivity contribution in [1.29, 1.82) is 0 Å². The minimum absolute atomic E-state index is 0.0185. The molecule has 4 heteroatoms. The summed E-state index contributed by atoms with van der Waals surface area (Å²) in [5.74, 6) is 0.363. The molecule has 4 nitrogen and oxygen atoms in total. The molecular formula is C7H9N3O. The zero-order valence-electron chi connectivity index (χ0n) is 5.96. The molecule has 0 aromatic carbocycles. The normalized spacial score (nSPS) is 45.9. The average molecular weight is 151 g/mol. The summed E-state index contributed by atoms with van der Waals surface area (Å²) < 4.78 is 0. The molecule has 0 aliphatic heterocycles. The van der Waals surface area contributed by atoms with Gasteiger partial charge in [0.1, 0.15) is 0 Å². The molecule has 58 valence electrons. The molecule has 0 amide bonds. The predicted octanol–water partition coefficient (Wildman–Crippen LogP) is 1.23. The van der Waals surface area contributed by atoms with E-state index in [1.165, 1.54) is 0 Å². The SMILES string of the molecule is [N-]=[N+]=NC1C2C=CC1C(O)C2. The van der Waals surface area contributed by atoms with Crippen LogP contribution in [-0.2, 0) is 0 Å². The second kappa shape index (κ2) is 2.26. The Balaban J connectivity index is 2.24. The van der Waals surface area contributed by atoms with Crippen molar-refractivity contribution in [3.8, 4) is 0 Å². The van der Waals surface area contributed by atoms with E-state index in [9.17, 15) is 5.11 Å². The van der Waals surface area contributed by atoms with Gasteiger partial charge in [0.25, 0.3) is 0 Å². The molecule has 1 N–H and O–H groups in total. The van der Waals surface area contributed by atoms with Crippen LogP contribution in [0.2, 0.25) is 0 Å². The quantitative estimate of drug-likeness (QED) is 0.260. The van der Waals surface area contributed by atoms with E-state index in [2.05, 4.69) is 10.0 Å². The highest BCUT2D eigenvalue weighted by atomic mass is 16.3. The third-order valence-electron chi connectivity index (χ3n) is 2.56. The minimum Gasteiger partial charge on any atom is -0.392 e. The molecule has 0 aromatic heterocycles. The van der Waals surface area contributed by atoms with Crippen LogP contribution in [0.3, 0.4) is 0 Å². The van der Waals surface area contributed by atoms with E-state index < -0.39 is 0 Å². The van der Waals surface area contributed by atoms with Crippen LogP contribution in [0.1, 0.15) is 6.42 Å². The van der Waals surface area contributed by atoms with Crippen LogP contribution in [-0.4, -0.2) is 17.3 Å². The molecule has 0 aromatic rings. The summed E-state index contributed by atoms with van der Waals surface area (Å²) in [4.78, 5) is 2.77. The topological polar surface area (TPSA) is 69.0 Å². The Morgan fingerprint density at radius 3 is 2.82 bits per heavy atom. The third kappa shape index (κ3) is 0.836. The Morgan fingerprint density at radius 1 is 1.55 bits per heavy atom. The number of hydrogen-bond donors (Lipinski definition) is 1. The summed E-state index contributed by atoms with van der Waals surface area (Å²) in [7, 11) is 0. The van der Waals surface area contributed by atoms with Gasteiger partial charge in [-0.25, -0.2) is 0 Å². The molecule has 0 heterocycles. The lowest BCUT2D eigenvalue weighted by Gasteiger charge is -2.10. The number of aliphatic hydroxyl groups is 1. The van der Waals surface area contributed by atoms with Crippen LogP contribution < -0.4 is 0 Å². The molecule has 2 bridgehead atoms. The Kier molecular flexibility index (Phi) is 1.37. The first-order chi connectivity index (χ1) is 5.33. The first kappa shape index (κ1) is 6.70. The van der Waals surface area contributed by atoms with Crippen LogP contribution in [0.25, 0.3) is 10.4 Å². The predicted molar refractivity (Wildman–Crippen MR) is 39.7 cm³/mol. The fourth-order valence-corrected chi connectivity index (χ4v) is 2.02. The highest BCUT2D eigenvalue weighted by Gasteiger charge is 2.43. The van der Waals surface area contributed by atoms with Crippen LogP contribution in [0, 0.1) is 11.8 Å². The summed E-state index contributed by atoms with van der Waals surface area (Å²) in [5, 5.41) is 13.0. The number of nitrogens with zero attached hydrogens (tertiary/aromatic N) is 3. The van der Waals surface area contributed by atoms with Gasteiger partial charge in [0, 0.05) is 10.8 Å². The van der Waals surface area contributed by atoms with E-state index in [0.29, 0.717) is 0 Å². The summed E-state index contributed by atoms with van der Waals surface area (Å²) >= 11 is 0. The molecule has 2 aliphatic rings. The Morgan fingerprint density at radius 2 is 2.36 bits per heavy atom. The van der Waals surface area contributed by atoms with Gasteiger partial charge >= 0.3 is 0 Å². The smallest absolute Gasteiger partial charge is 0.0612 e. The number of aliphatic hydroxyl groups excluding tert-OH is 1. The molecule has 4 atom stereocenters. The maximum Gasteiger partial charge on any atom is 0.0612 e. The molecule has 0 spiro atoms. The largest absolute Gasteiger partial charge is 0.392 e. The minimum atomic E-state index is -0.291. The zero-order valence-corrected chi connectivity index (χ0v) is 5.96. The highest BCUT2D eigenvalue weighted by molar-refractivity contribution is 5.18. The van der Waals surface area contributed by atoms with Gasteiger partial charge in [0.05, 0.1) is 12.1 Å². The second-order valence-electron chi connectivity index (χ2n) is 3.12. The zero-order chi connectivity index (χ0) is 7.84. The molecular weight excluding hydrogens is 142 g/mol. The molecule has 0 saturated heterocycles. The van der Waals surface area contributed by atoms with Gasteiger partial charge in [0.15, 0.2) is 0 Å². The molecule has 2 rings (SSSR count). The molecule has 4 unspecified atom stereocenters. The van der Waals surface area contributed by atoms with Crippen molar-refractivity contribution in [2.24, 2.45) is 17.0 Å². The number of fused-ring (bicyclic) bond motifs is 2. The molecule has 1 saturated carbocycles. The monoisotopic (exact) mass is 151 g/mol. The van der Waals surface area contributed by atoms with Crippen molar-refractivity contribution in [3.05, 3.63) is 22.6 Å². The first-order valence-corrected chi connectivity index (χ1v) is 3.73. The van der Waals surface area contributed by atoms with Gasteiger partial charge in [0.2, 0.25) is 0 Å². The standard InChI is InChI=1S/C7H9N3O/c8-10-9-7-4-1-2-5(7)6(11)3-4/h1-2,4-7,11H,3H2. The number of azide groups is 1. The van der Waals surface area contributed by atoms with Crippen molar-refractivity contribution in [2.45, 2.75) is 18.6 Å². The highest BCUT2D eigenvalue weighted by Crippen LogP contribution is 2.41. The fourth-order valence-electron chi connectivity index (χ4n) is 2.02. The Bertz CT molecular complexity index is 244. The Hall–Kier alpha value is -0.990. The lowest BCUT2D eigenvalue weighted by molar-refractivity contribution is 0.146.